The number of rotatable bonds is 5. The van der Waals surface area contributed by atoms with Gasteiger partial charge in [0.1, 0.15) is 17.6 Å². The van der Waals surface area contributed by atoms with Crippen molar-refractivity contribution in [2.45, 2.75) is 24.7 Å². The van der Waals surface area contributed by atoms with E-state index in [0.29, 0.717) is 29.5 Å². The molecule has 1 amide bonds. The SMILES string of the molecule is CC1CCCN(S(=O)(=O)c2cc(C(=O)Nc3cc(Cl)ccc3-n3cncn3)ccc2Cl)C1. The van der Waals surface area contributed by atoms with Gasteiger partial charge in [0, 0.05) is 23.7 Å². The molecule has 1 atom stereocenters. The van der Waals surface area contributed by atoms with E-state index < -0.39 is 15.9 Å². The molecule has 0 aliphatic carbocycles. The summed E-state index contributed by atoms with van der Waals surface area (Å²) in [4.78, 5) is 16.9. The van der Waals surface area contributed by atoms with Gasteiger partial charge in [-0.15, -0.1) is 0 Å². The number of piperidine rings is 1. The molecule has 3 aromatic rings. The number of nitrogens with one attached hydrogen (secondary N) is 1. The van der Waals surface area contributed by atoms with E-state index in [1.807, 2.05) is 6.92 Å². The van der Waals surface area contributed by atoms with Crippen molar-refractivity contribution in [3.63, 3.8) is 0 Å². The number of sulfonamides is 1. The molecule has 1 aliphatic heterocycles. The first-order valence-electron chi connectivity index (χ1n) is 10.0. The van der Waals surface area contributed by atoms with Crippen molar-refractivity contribution in [3.05, 3.63) is 64.7 Å². The maximum Gasteiger partial charge on any atom is 0.255 e. The van der Waals surface area contributed by atoms with Gasteiger partial charge < -0.3 is 5.32 Å². The fourth-order valence-corrected chi connectivity index (χ4v) is 5.95. The minimum absolute atomic E-state index is 0.0748. The third-order valence-corrected chi connectivity index (χ3v) is 7.89. The van der Waals surface area contributed by atoms with E-state index in [9.17, 15) is 13.2 Å². The number of nitrogens with zero attached hydrogens (tertiary/aromatic N) is 4. The Morgan fingerprint density at radius 1 is 1.19 bits per heavy atom. The maximum atomic E-state index is 13.2. The van der Waals surface area contributed by atoms with E-state index in [1.165, 1.54) is 39.8 Å². The fraction of sp³-hybridized carbons (Fsp3) is 0.286. The van der Waals surface area contributed by atoms with Gasteiger partial charge in [0.2, 0.25) is 10.0 Å². The van der Waals surface area contributed by atoms with Crippen molar-refractivity contribution in [2.24, 2.45) is 5.92 Å². The van der Waals surface area contributed by atoms with Gasteiger partial charge >= 0.3 is 0 Å². The number of aromatic nitrogens is 3. The molecule has 168 valence electrons. The smallest absolute Gasteiger partial charge is 0.255 e. The number of amides is 1. The van der Waals surface area contributed by atoms with E-state index in [1.54, 1.807) is 18.2 Å². The number of halogens is 2. The Kier molecular flexibility index (Phi) is 6.52. The van der Waals surface area contributed by atoms with Gasteiger partial charge in [-0.3, -0.25) is 4.79 Å². The first-order valence-corrected chi connectivity index (χ1v) is 12.2. The van der Waals surface area contributed by atoms with Gasteiger partial charge in [0.25, 0.3) is 5.91 Å². The summed E-state index contributed by atoms with van der Waals surface area (Å²) in [5, 5.41) is 7.35. The van der Waals surface area contributed by atoms with Crippen LogP contribution in [-0.2, 0) is 10.0 Å². The summed E-state index contributed by atoms with van der Waals surface area (Å²) in [7, 11) is -3.83. The van der Waals surface area contributed by atoms with Crippen LogP contribution in [0.4, 0.5) is 5.69 Å². The van der Waals surface area contributed by atoms with Crippen molar-refractivity contribution < 1.29 is 13.2 Å². The van der Waals surface area contributed by atoms with Crippen LogP contribution in [0.3, 0.4) is 0 Å². The fourth-order valence-electron chi connectivity index (χ4n) is 3.68. The molecule has 0 saturated carbocycles. The molecule has 0 radical (unpaired) electrons. The van der Waals surface area contributed by atoms with Crippen LogP contribution in [0.25, 0.3) is 5.69 Å². The van der Waals surface area contributed by atoms with Gasteiger partial charge in [-0.05, 0) is 55.2 Å². The van der Waals surface area contributed by atoms with Gasteiger partial charge in [0.15, 0.2) is 0 Å². The highest BCUT2D eigenvalue weighted by atomic mass is 35.5. The summed E-state index contributed by atoms with van der Waals surface area (Å²) in [6, 6.07) is 9.16. The predicted octanol–water partition coefficient (Wildman–Crippen LogP) is 4.25. The molecule has 1 aliphatic rings. The number of anilines is 1. The first kappa shape index (κ1) is 22.7. The average molecular weight is 494 g/mol. The molecule has 8 nitrogen and oxygen atoms in total. The van der Waals surface area contributed by atoms with E-state index >= 15 is 0 Å². The normalized spacial score (nSPS) is 17.3. The van der Waals surface area contributed by atoms with Crippen LogP contribution in [0.1, 0.15) is 30.1 Å². The number of benzene rings is 2. The lowest BCUT2D eigenvalue weighted by molar-refractivity contribution is 0.102. The summed E-state index contributed by atoms with van der Waals surface area (Å²) < 4.78 is 29.4. The lowest BCUT2D eigenvalue weighted by atomic mass is 10.0. The highest BCUT2D eigenvalue weighted by molar-refractivity contribution is 7.89. The summed E-state index contributed by atoms with van der Waals surface area (Å²) in [6.07, 6.45) is 4.64. The van der Waals surface area contributed by atoms with Crippen LogP contribution in [0.5, 0.6) is 0 Å². The lowest BCUT2D eigenvalue weighted by Gasteiger charge is -2.30. The molecule has 4 rings (SSSR count). The van der Waals surface area contributed by atoms with E-state index in [4.69, 9.17) is 23.2 Å². The Morgan fingerprint density at radius 3 is 2.72 bits per heavy atom. The second-order valence-electron chi connectivity index (χ2n) is 7.71. The summed E-state index contributed by atoms with van der Waals surface area (Å²) in [6.45, 7) is 2.88. The molecule has 1 fully saturated rings. The Balaban J connectivity index is 1.65. The van der Waals surface area contributed by atoms with E-state index in [-0.39, 0.29) is 21.4 Å². The standard InChI is InChI=1S/C21H21Cl2N5O3S/c1-14-3-2-8-27(11-14)32(30,31)20-9-15(4-6-17(20)23)21(29)26-18-10-16(22)5-7-19(18)28-13-24-12-25-28/h4-7,9-10,12-14H,2-3,8,11H2,1H3,(H,26,29). The Bertz CT molecular complexity index is 1250. The van der Waals surface area contributed by atoms with Gasteiger partial charge in [-0.1, -0.05) is 30.1 Å². The quantitative estimate of drug-likeness (QED) is 0.572. The second-order valence-corrected chi connectivity index (χ2v) is 10.5. The van der Waals surface area contributed by atoms with Gasteiger partial charge in [0.05, 0.1) is 16.4 Å². The minimum Gasteiger partial charge on any atom is -0.320 e. The summed E-state index contributed by atoms with van der Waals surface area (Å²) >= 11 is 12.4. The Hall–Kier alpha value is -2.46. The van der Waals surface area contributed by atoms with Crippen molar-refractivity contribution in [1.29, 1.82) is 0 Å². The molecule has 0 spiro atoms. The van der Waals surface area contributed by atoms with Crippen molar-refractivity contribution in [2.75, 3.05) is 18.4 Å². The van der Waals surface area contributed by atoms with Crippen molar-refractivity contribution in [3.8, 4) is 5.69 Å². The van der Waals surface area contributed by atoms with Crippen LogP contribution in [0.2, 0.25) is 10.0 Å². The number of carbonyl (C=O) groups is 1. The van der Waals surface area contributed by atoms with Crippen molar-refractivity contribution in [1.82, 2.24) is 19.1 Å². The predicted molar refractivity (Wildman–Crippen MR) is 123 cm³/mol. The zero-order valence-electron chi connectivity index (χ0n) is 17.2. The molecular weight excluding hydrogens is 473 g/mol. The van der Waals surface area contributed by atoms with Crippen LogP contribution >= 0.6 is 23.2 Å². The molecule has 32 heavy (non-hydrogen) atoms. The molecule has 1 N–H and O–H groups in total. The average Bonchev–Trinajstić information content (AvgIpc) is 3.28. The number of hydrogen-bond acceptors (Lipinski definition) is 5. The molecular formula is C21H21Cl2N5O3S. The number of carbonyl (C=O) groups excluding carboxylic acids is 1. The van der Waals surface area contributed by atoms with Crippen LogP contribution in [-0.4, -0.2) is 46.5 Å². The van der Waals surface area contributed by atoms with Crippen LogP contribution in [0, 0.1) is 5.92 Å². The van der Waals surface area contributed by atoms with Gasteiger partial charge in [-0.2, -0.15) is 9.40 Å². The van der Waals surface area contributed by atoms with E-state index in [0.717, 1.165) is 12.8 Å². The van der Waals surface area contributed by atoms with Crippen LogP contribution < -0.4 is 5.32 Å². The molecule has 2 heterocycles. The molecule has 1 saturated heterocycles. The molecule has 11 heteroatoms. The molecule has 0 bridgehead atoms. The Morgan fingerprint density at radius 2 is 2.00 bits per heavy atom. The monoisotopic (exact) mass is 493 g/mol. The maximum absolute atomic E-state index is 13.2. The zero-order chi connectivity index (χ0) is 22.9. The zero-order valence-corrected chi connectivity index (χ0v) is 19.5. The minimum atomic E-state index is -3.83. The Labute approximate surface area is 196 Å². The second kappa shape index (κ2) is 9.19. The van der Waals surface area contributed by atoms with Crippen LogP contribution in [0.15, 0.2) is 53.9 Å². The van der Waals surface area contributed by atoms with Gasteiger partial charge in [-0.25, -0.2) is 18.1 Å². The largest absolute Gasteiger partial charge is 0.320 e. The number of hydrogen-bond donors (Lipinski definition) is 1. The molecule has 1 aromatic heterocycles. The molecule has 2 aromatic carbocycles. The van der Waals surface area contributed by atoms with Crippen molar-refractivity contribution >= 4 is 44.8 Å². The topological polar surface area (TPSA) is 97.2 Å². The third kappa shape index (κ3) is 4.66. The highest BCUT2D eigenvalue weighted by Crippen LogP contribution is 2.30. The molecule has 1 unspecified atom stereocenters. The highest BCUT2D eigenvalue weighted by Gasteiger charge is 2.31. The lowest BCUT2D eigenvalue weighted by Crippen LogP contribution is -2.39. The summed E-state index contributed by atoms with van der Waals surface area (Å²) in [5.74, 6) is -0.240. The summed E-state index contributed by atoms with van der Waals surface area (Å²) in [5.41, 5.74) is 1.11. The first-order chi connectivity index (χ1) is 15.3. The third-order valence-electron chi connectivity index (χ3n) is 5.30. The van der Waals surface area contributed by atoms with E-state index in [2.05, 4.69) is 15.4 Å².